The van der Waals surface area contributed by atoms with Crippen molar-refractivity contribution in [1.82, 2.24) is 25.2 Å². The van der Waals surface area contributed by atoms with E-state index in [1.54, 1.807) is 11.3 Å². The Morgan fingerprint density at radius 2 is 1.64 bits per heavy atom. The topological polar surface area (TPSA) is 68.5 Å². The third-order valence-corrected chi connectivity index (χ3v) is 7.54. The van der Waals surface area contributed by atoms with E-state index < -0.39 is 0 Å². The van der Waals surface area contributed by atoms with Crippen molar-refractivity contribution in [2.45, 2.75) is 52.6 Å². The maximum Gasteiger partial charge on any atom is 0.183 e. The van der Waals surface area contributed by atoms with Crippen molar-refractivity contribution in [3.63, 3.8) is 0 Å². The number of rotatable bonds is 6. The van der Waals surface area contributed by atoms with Gasteiger partial charge in [0.2, 0.25) is 0 Å². The van der Waals surface area contributed by atoms with Gasteiger partial charge in [0.15, 0.2) is 11.0 Å². The summed E-state index contributed by atoms with van der Waals surface area (Å²) >= 11 is 1.58. The average molecular weight is 495 g/mol. The Labute approximate surface area is 214 Å². The fraction of sp³-hybridized carbons (Fsp3) is 0.310. The van der Waals surface area contributed by atoms with Crippen molar-refractivity contribution in [1.29, 1.82) is 0 Å². The zero-order valence-corrected chi connectivity index (χ0v) is 22.1. The molecule has 6 nitrogen and oxygen atoms in total. The highest BCUT2D eigenvalue weighted by Gasteiger charge is 2.34. The third-order valence-electron chi connectivity index (χ3n) is 6.84. The summed E-state index contributed by atoms with van der Waals surface area (Å²) in [6.45, 7) is 11.2. The highest BCUT2D eigenvalue weighted by molar-refractivity contribution is 7.13. The lowest BCUT2D eigenvalue weighted by atomic mass is 9.81. The van der Waals surface area contributed by atoms with Crippen molar-refractivity contribution >= 4 is 48.8 Å². The molecule has 2 heterocycles. The van der Waals surface area contributed by atoms with Gasteiger partial charge in [-0.15, -0.1) is 16.4 Å². The number of nitrogens with one attached hydrogen (secondary N) is 1. The summed E-state index contributed by atoms with van der Waals surface area (Å²) in [6, 6.07) is 19.5. The summed E-state index contributed by atoms with van der Waals surface area (Å²) in [5.74, 6) is 0.786. The molecule has 0 aliphatic carbocycles. The molecule has 0 aliphatic rings. The first-order valence-corrected chi connectivity index (χ1v) is 13.2. The lowest BCUT2D eigenvalue weighted by Gasteiger charge is -2.34. The number of benzene rings is 4. The van der Waals surface area contributed by atoms with Crippen molar-refractivity contribution < 1.29 is 0 Å². The molecule has 2 aromatic heterocycles. The van der Waals surface area contributed by atoms with Crippen LogP contribution in [0.4, 0.5) is 5.13 Å². The summed E-state index contributed by atoms with van der Waals surface area (Å²) in [7, 11) is 0. The molecule has 1 N–H and O–H groups in total. The molecular formula is C29H30N6S. The van der Waals surface area contributed by atoms with Gasteiger partial charge in [-0.3, -0.25) is 0 Å². The average Bonchev–Trinajstić information content (AvgIpc) is 3.52. The number of hydrogen-bond acceptors (Lipinski definition) is 6. The van der Waals surface area contributed by atoms with Gasteiger partial charge < -0.3 is 5.32 Å². The molecule has 0 saturated heterocycles. The Kier molecular flexibility index (Phi) is 5.23. The Morgan fingerprint density at radius 1 is 0.917 bits per heavy atom. The number of anilines is 1. The van der Waals surface area contributed by atoms with E-state index in [9.17, 15) is 0 Å². The summed E-state index contributed by atoms with van der Waals surface area (Å²) in [4.78, 5) is 4.55. The minimum absolute atomic E-state index is 0.120. The zero-order valence-electron chi connectivity index (χ0n) is 21.3. The van der Waals surface area contributed by atoms with Crippen LogP contribution < -0.4 is 5.32 Å². The number of aromatic nitrogens is 5. The quantitative estimate of drug-likeness (QED) is 0.244. The van der Waals surface area contributed by atoms with Crippen molar-refractivity contribution in [2.75, 3.05) is 5.32 Å². The molecule has 7 heteroatoms. The minimum Gasteiger partial charge on any atom is -0.347 e. The summed E-state index contributed by atoms with van der Waals surface area (Å²) in [5, 5.41) is 27.3. The monoisotopic (exact) mass is 494 g/mol. The molecule has 6 rings (SSSR count). The van der Waals surface area contributed by atoms with E-state index in [0.29, 0.717) is 0 Å². The van der Waals surface area contributed by atoms with E-state index in [1.165, 1.54) is 32.3 Å². The van der Waals surface area contributed by atoms with Crippen LogP contribution in [-0.4, -0.2) is 25.2 Å². The molecule has 6 aromatic rings. The Balaban J connectivity index is 1.62. The van der Waals surface area contributed by atoms with Gasteiger partial charge >= 0.3 is 0 Å². The Hall–Kier alpha value is -3.58. The van der Waals surface area contributed by atoms with E-state index in [4.69, 9.17) is 0 Å². The van der Waals surface area contributed by atoms with E-state index in [-0.39, 0.29) is 17.0 Å². The first kappa shape index (κ1) is 22.9. The Bertz CT molecular complexity index is 1660. The van der Waals surface area contributed by atoms with Crippen LogP contribution in [0.15, 0.2) is 66.2 Å². The van der Waals surface area contributed by atoms with Crippen LogP contribution in [0.5, 0.6) is 0 Å². The van der Waals surface area contributed by atoms with E-state index in [1.807, 2.05) is 16.3 Å². The van der Waals surface area contributed by atoms with Crippen molar-refractivity contribution in [3.05, 3.63) is 77.6 Å². The molecule has 1 atom stereocenters. The maximum absolute atomic E-state index is 4.61. The van der Waals surface area contributed by atoms with Gasteiger partial charge in [-0.25, -0.2) is 9.67 Å². The van der Waals surface area contributed by atoms with Crippen LogP contribution in [-0.2, 0) is 5.54 Å². The number of tetrazole rings is 1. The lowest BCUT2D eigenvalue weighted by molar-refractivity contribution is 0.190. The number of thiazole rings is 1. The lowest BCUT2D eigenvalue weighted by Crippen LogP contribution is -2.35. The second-order valence-electron chi connectivity index (χ2n) is 11.4. The summed E-state index contributed by atoms with van der Waals surface area (Å²) < 4.78 is 2.01. The first-order chi connectivity index (χ1) is 17.2. The normalized spacial score (nSPS) is 13.7. The van der Waals surface area contributed by atoms with Gasteiger partial charge in [0, 0.05) is 11.6 Å². The van der Waals surface area contributed by atoms with Crippen LogP contribution in [0.25, 0.3) is 32.3 Å². The van der Waals surface area contributed by atoms with Crippen molar-refractivity contribution in [2.24, 2.45) is 5.41 Å². The first-order valence-electron chi connectivity index (χ1n) is 12.3. The van der Waals surface area contributed by atoms with Crippen LogP contribution in [0, 0.1) is 5.41 Å². The molecule has 0 saturated carbocycles. The maximum atomic E-state index is 4.61. The molecule has 4 aromatic carbocycles. The Morgan fingerprint density at radius 3 is 2.36 bits per heavy atom. The highest BCUT2D eigenvalue weighted by atomic mass is 32.1. The van der Waals surface area contributed by atoms with Crippen LogP contribution in [0.3, 0.4) is 0 Å². The van der Waals surface area contributed by atoms with Gasteiger partial charge in [-0.05, 0) is 80.1 Å². The van der Waals surface area contributed by atoms with E-state index in [0.717, 1.165) is 22.9 Å². The minimum atomic E-state index is -0.279. The molecule has 182 valence electrons. The van der Waals surface area contributed by atoms with E-state index >= 15 is 0 Å². The predicted octanol–water partition coefficient (Wildman–Crippen LogP) is 7.40. The van der Waals surface area contributed by atoms with Gasteiger partial charge in [0.1, 0.15) is 6.04 Å². The molecule has 0 spiro atoms. The molecule has 0 amide bonds. The predicted molar refractivity (Wildman–Crippen MR) is 149 cm³/mol. The van der Waals surface area contributed by atoms with Gasteiger partial charge in [0.05, 0.1) is 5.54 Å². The SMILES string of the molecule is CC(C)(C)CC(C)(C)n1nnnc1C(Nc1nccs1)c1cc2cccc3ccc4cccc1c4c32. The molecule has 0 fully saturated rings. The second-order valence-corrected chi connectivity index (χ2v) is 12.3. The standard InChI is InChI=1S/C29H30N6S/c1-28(2,3)17-29(4,5)35-26(32-33-34-35)25(31-27-30-14-15-36-27)22-16-20-10-6-8-18-12-13-19-9-7-11-21(22)24(19)23(18)20/h6-16,25H,17H2,1-5H3,(H,30,31). The zero-order chi connectivity index (χ0) is 25.1. The van der Waals surface area contributed by atoms with Crippen LogP contribution in [0.2, 0.25) is 0 Å². The molecule has 1 unspecified atom stereocenters. The van der Waals surface area contributed by atoms with E-state index in [2.05, 4.69) is 115 Å². The second kappa shape index (κ2) is 8.23. The van der Waals surface area contributed by atoms with Gasteiger partial charge in [-0.2, -0.15) is 0 Å². The molecule has 0 radical (unpaired) electrons. The molecular weight excluding hydrogens is 464 g/mol. The largest absolute Gasteiger partial charge is 0.347 e. The summed E-state index contributed by atoms with van der Waals surface area (Å²) in [6.07, 6.45) is 2.75. The number of hydrogen-bond donors (Lipinski definition) is 1. The fourth-order valence-corrected chi connectivity index (χ4v) is 6.46. The molecule has 0 bridgehead atoms. The third kappa shape index (κ3) is 3.88. The van der Waals surface area contributed by atoms with Gasteiger partial charge in [0.25, 0.3) is 0 Å². The van der Waals surface area contributed by atoms with Crippen molar-refractivity contribution in [3.8, 4) is 0 Å². The fourth-order valence-electron chi connectivity index (χ4n) is 5.91. The highest BCUT2D eigenvalue weighted by Crippen LogP contribution is 2.41. The smallest absolute Gasteiger partial charge is 0.183 e. The number of nitrogens with zero attached hydrogens (tertiary/aromatic N) is 5. The molecule has 0 aliphatic heterocycles. The van der Waals surface area contributed by atoms with Crippen LogP contribution in [0.1, 0.15) is 58.5 Å². The molecule has 36 heavy (non-hydrogen) atoms. The summed E-state index contributed by atoms with van der Waals surface area (Å²) in [5.41, 5.74) is 0.985. The van der Waals surface area contributed by atoms with Gasteiger partial charge in [-0.1, -0.05) is 69.3 Å². The van der Waals surface area contributed by atoms with Crippen LogP contribution >= 0.6 is 11.3 Å².